The van der Waals surface area contributed by atoms with Gasteiger partial charge in [0.05, 0.1) is 12.4 Å². The van der Waals surface area contributed by atoms with Gasteiger partial charge in [0.2, 0.25) is 5.89 Å². The van der Waals surface area contributed by atoms with Crippen molar-refractivity contribution in [3.8, 4) is 17.2 Å². The van der Waals surface area contributed by atoms with Gasteiger partial charge in [-0.25, -0.2) is 0 Å². The van der Waals surface area contributed by atoms with Crippen LogP contribution in [0.5, 0.6) is 5.75 Å². The molecule has 6 heteroatoms. The molecule has 3 aromatic rings. The normalized spacial score (nSPS) is 12.6. The van der Waals surface area contributed by atoms with E-state index in [1.54, 1.807) is 31.4 Å². The first-order valence-electron chi connectivity index (χ1n) is 9.07. The SMILES string of the molecule is COc1ccc(C(=O)[C@H](C)Sc2nnc(-c3ccc(C(C)(C)C)cc3)o2)cc1. The minimum Gasteiger partial charge on any atom is -0.497 e. The molecule has 0 bridgehead atoms. The minimum absolute atomic E-state index is 0.00179. The summed E-state index contributed by atoms with van der Waals surface area (Å²) < 4.78 is 10.9. The maximum atomic E-state index is 12.6. The van der Waals surface area contributed by atoms with Crippen LogP contribution in [0.1, 0.15) is 43.6 Å². The van der Waals surface area contributed by atoms with E-state index >= 15 is 0 Å². The van der Waals surface area contributed by atoms with Gasteiger partial charge in [-0.15, -0.1) is 10.2 Å². The molecule has 0 aliphatic carbocycles. The van der Waals surface area contributed by atoms with Crippen molar-refractivity contribution in [2.75, 3.05) is 7.11 Å². The number of Topliss-reactive ketones (excluding diaryl/α,β-unsaturated/α-hetero) is 1. The number of nitrogens with zero attached hydrogens (tertiary/aromatic N) is 2. The molecule has 0 unspecified atom stereocenters. The summed E-state index contributed by atoms with van der Waals surface area (Å²) in [5.74, 6) is 1.17. The Labute approximate surface area is 169 Å². The standard InChI is InChI=1S/C22H24N2O3S/c1-14(19(25)15-8-12-18(26-5)13-9-15)28-21-24-23-20(27-21)16-6-10-17(11-7-16)22(2,3)4/h6-14H,1-5H3/t14-/m0/s1. The fourth-order valence-electron chi connectivity index (χ4n) is 2.68. The molecule has 0 fully saturated rings. The maximum Gasteiger partial charge on any atom is 0.277 e. The Morgan fingerprint density at radius 1 is 1.04 bits per heavy atom. The molecule has 0 saturated heterocycles. The molecule has 3 rings (SSSR count). The number of carbonyl (C=O) groups excluding carboxylic acids is 1. The number of rotatable bonds is 6. The molecule has 0 saturated carbocycles. The number of hydrogen-bond donors (Lipinski definition) is 0. The Kier molecular flexibility index (Phi) is 5.89. The van der Waals surface area contributed by atoms with E-state index < -0.39 is 0 Å². The van der Waals surface area contributed by atoms with Crippen molar-refractivity contribution in [1.82, 2.24) is 10.2 Å². The van der Waals surface area contributed by atoms with Crippen LogP contribution in [0.25, 0.3) is 11.5 Å². The Balaban J connectivity index is 1.68. The van der Waals surface area contributed by atoms with Crippen LogP contribution in [0.2, 0.25) is 0 Å². The third-order valence-electron chi connectivity index (χ3n) is 4.43. The Hall–Kier alpha value is -2.60. The fraction of sp³-hybridized carbons (Fsp3) is 0.318. The number of methoxy groups -OCH3 is 1. The molecule has 0 amide bonds. The molecule has 5 nitrogen and oxygen atoms in total. The lowest BCUT2D eigenvalue weighted by Gasteiger charge is -2.18. The monoisotopic (exact) mass is 396 g/mol. The number of thioether (sulfide) groups is 1. The van der Waals surface area contributed by atoms with Crippen molar-refractivity contribution < 1.29 is 13.9 Å². The van der Waals surface area contributed by atoms with Gasteiger partial charge in [-0.05, 0) is 54.3 Å². The molecule has 28 heavy (non-hydrogen) atoms. The summed E-state index contributed by atoms with van der Waals surface area (Å²) >= 11 is 1.26. The molecule has 0 radical (unpaired) electrons. The third kappa shape index (κ3) is 4.62. The zero-order valence-corrected chi connectivity index (χ0v) is 17.5. The lowest BCUT2D eigenvalue weighted by atomic mass is 9.87. The van der Waals surface area contributed by atoms with Crippen LogP contribution in [-0.2, 0) is 5.41 Å². The van der Waals surface area contributed by atoms with E-state index in [1.807, 2.05) is 19.1 Å². The average Bonchev–Trinajstić information content (AvgIpc) is 3.15. The largest absolute Gasteiger partial charge is 0.497 e. The van der Waals surface area contributed by atoms with E-state index in [1.165, 1.54) is 17.3 Å². The summed E-state index contributed by atoms with van der Waals surface area (Å²) in [6.45, 7) is 8.35. The molecule has 0 spiro atoms. The van der Waals surface area contributed by atoms with Gasteiger partial charge in [-0.2, -0.15) is 0 Å². The number of aromatic nitrogens is 2. The third-order valence-corrected chi connectivity index (χ3v) is 5.36. The zero-order chi connectivity index (χ0) is 20.3. The van der Waals surface area contributed by atoms with Gasteiger partial charge in [0.25, 0.3) is 5.22 Å². The molecule has 2 aromatic carbocycles. The Morgan fingerprint density at radius 3 is 2.25 bits per heavy atom. The van der Waals surface area contributed by atoms with E-state index in [2.05, 4.69) is 43.1 Å². The van der Waals surface area contributed by atoms with Gasteiger partial charge in [-0.3, -0.25) is 4.79 Å². The van der Waals surface area contributed by atoms with Crippen molar-refractivity contribution in [2.24, 2.45) is 0 Å². The molecule has 0 aliphatic heterocycles. The van der Waals surface area contributed by atoms with Crippen LogP contribution in [0.15, 0.2) is 58.2 Å². The van der Waals surface area contributed by atoms with Gasteiger partial charge in [-0.1, -0.05) is 44.7 Å². The first-order chi connectivity index (χ1) is 13.3. The Morgan fingerprint density at radius 2 is 1.68 bits per heavy atom. The van der Waals surface area contributed by atoms with Crippen LogP contribution < -0.4 is 4.74 Å². The summed E-state index contributed by atoms with van der Waals surface area (Å²) in [6.07, 6.45) is 0. The molecule has 146 valence electrons. The highest BCUT2D eigenvalue weighted by Gasteiger charge is 2.20. The minimum atomic E-state index is -0.343. The van der Waals surface area contributed by atoms with E-state index in [0.717, 1.165) is 11.3 Å². The van der Waals surface area contributed by atoms with E-state index in [0.29, 0.717) is 16.7 Å². The molecule has 1 atom stereocenters. The second-order valence-corrected chi connectivity index (χ2v) is 8.85. The topological polar surface area (TPSA) is 65.2 Å². The quantitative estimate of drug-likeness (QED) is 0.410. The summed E-state index contributed by atoms with van der Waals surface area (Å²) in [7, 11) is 1.60. The van der Waals surface area contributed by atoms with E-state index in [4.69, 9.17) is 9.15 Å². The average molecular weight is 397 g/mol. The predicted molar refractivity (Wildman–Crippen MR) is 111 cm³/mol. The number of carbonyl (C=O) groups is 1. The zero-order valence-electron chi connectivity index (χ0n) is 16.7. The van der Waals surface area contributed by atoms with Crippen LogP contribution in [-0.4, -0.2) is 28.3 Å². The van der Waals surface area contributed by atoms with Gasteiger partial charge in [0, 0.05) is 11.1 Å². The second kappa shape index (κ2) is 8.19. The van der Waals surface area contributed by atoms with Crippen LogP contribution in [0, 0.1) is 0 Å². The van der Waals surface area contributed by atoms with Crippen molar-refractivity contribution in [3.05, 3.63) is 59.7 Å². The number of ether oxygens (including phenoxy) is 1. The predicted octanol–water partition coefficient (Wildman–Crippen LogP) is 5.41. The van der Waals surface area contributed by atoms with E-state index in [-0.39, 0.29) is 16.4 Å². The van der Waals surface area contributed by atoms with Gasteiger partial charge >= 0.3 is 0 Å². The maximum absolute atomic E-state index is 12.6. The molecule has 0 N–H and O–H groups in total. The first-order valence-corrected chi connectivity index (χ1v) is 9.95. The molecular formula is C22H24N2O3S. The highest BCUT2D eigenvalue weighted by atomic mass is 32.2. The molecule has 1 aromatic heterocycles. The number of ketones is 1. The number of benzene rings is 2. The lowest BCUT2D eigenvalue weighted by Crippen LogP contribution is -2.13. The highest BCUT2D eigenvalue weighted by molar-refractivity contribution is 8.00. The smallest absolute Gasteiger partial charge is 0.277 e. The Bertz CT molecular complexity index is 941. The van der Waals surface area contributed by atoms with Crippen molar-refractivity contribution >= 4 is 17.5 Å². The fourth-order valence-corrected chi connectivity index (χ4v) is 3.44. The molecular weight excluding hydrogens is 372 g/mol. The summed E-state index contributed by atoms with van der Waals surface area (Å²) in [5.41, 5.74) is 2.81. The van der Waals surface area contributed by atoms with Gasteiger partial charge < -0.3 is 9.15 Å². The van der Waals surface area contributed by atoms with Crippen molar-refractivity contribution in [3.63, 3.8) is 0 Å². The van der Waals surface area contributed by atoms with Crippen molar-refractivity contribution in [1.29, 1.82) is 0 Å². The second-order valence-electron chi connectivity index (χ2n) is 7.55. The summed E-state index contributed by atoms with van der Waals surface area (Å²) in [6, 6.07) is 15.2. The van der Waals surface area contributed by atoms with E-state index in [9.17, 15) is 4.79 Å². The van der Waals surface area contributed by atoms with Crippen LogP contribution in [0.3, 0.4) is 0 Å². The van der Waals surface area contributed by atoms with Gasteiger partial charge in [0.1, 0.15) is 5.75 Å². The summed E-state index contributed by atoms with van der Waals surface area (Å²) in [4.78, 5) is 12.6. The van der Waals surface area contributed by atoms with Crippen LogP contribution >= 0.6 is 11.8 Å². The highest BCUT2D eigenvalue weighted by Crippen LogP contribution is 2.29. The molecule has 0 aliphatic rings. The number of hydrogen-bond acceptors (Lipinski definition) is 6. The molecule has 1 heterocycles. The van der Waals surface area contributed by atoms with Crippen molar-refractivity contribution in [2.45, 2.75) is 43.6 Å². The van der Waals surface area contributed by atoms with Gasteiger partial charge in [0.15, 0.2) is 5.78 Å². The van der Waals surface area contributed by atoms with Crippen LogP contribution in [0.4, 0.5) is 0 Å². The summed E-state index contributed by atoms with van der Waals surface area (Å²) in [5, 5.41) is 8.24. The lowest BCUT2D eigenvalue weighted by molar-refractivity contribution is 0.0993. The first kappa shape index (κ1) is 20.1.